The third kappa shape index (κ3) is 2.87. The second kappa shape index (κ2) is 6.05. The van der Waals surface area contributed by atoms with Crippen LogP contribution in [-0.4, -0.2) is 25.2 Å². The molecule has 2 aliphatic rings. The smallest absolute Gasteiger partial charge is 0.313 e. The van der Waals surface area contributed by atoms with Gasteiger partial charge in [-0.3, -0.25) is 4.79 Å². The molecule has 3 heteroatoms. The molecule has 1 saturated heterocycles. The lowest BCUT2D eigenvalue weighted by Crippen LogP contribution is -2.41. The molecule has 1 N–H and O–H groups in total. The monoisotopic (exact) mass is 253 g/mol. The van der Waals surface area contributed by atoms with E-state index in [4.69, 9.17) is 4.74 Å². The van der Waals surface area contributed by atoms with Crippen LogP contribution in [-0.2, 0) is 9.53 Å². The zero-order valence-electron chi connectivity index (χ0n) is 11.8. The topological polar surface area (TPSA) is 38.3 Å². The zero-order valence-corrected chi connectivity index (χ0v) is 11.8. The number of ether oxygens (including phenoxy) is 1. The minimum Gasteiger partial charge on any atom is -0.462 e. The molecular formula is C15H27NO2. The first-order valence-corrected chi connectivity index (χ1v) is 7.57. The first-order valence-electron chi connectivity index (χ1n) is 7.57. The van der Waals surface area contributed by atoms with Crippen LogP contribution < -0.4 is 5.32 Å². The van der Waals surface area contributed by atoms with Gasteiger partial charge in [-0.25, -0.2) is 0 Å². The Morgan fingerprint density at radius 2 is 1.89 bits per heavy atom. The number of esters is 1. The van der Waals surface area contributed by atoms with E-state index in [9.17, 15) is 4.79 Å². The lowest BCUT2D eigenvalue weighted by Gasteiger charge is -2.32. The normalized spacial score (nSPS) is 30.4. The summed E-state index contributed by atoms with van der Waals surface area (Å²) in [6.45, 7) is 6.01. The maximum atomic E-state index is 12.5. The van der Waals surface area contributed by atoms with E-state index in [1.807, 2.05) is 0 Å². The van der Waals surface area contributed by atoms with Gasteiger partial charge in [0.15, 0.2) is 0 Å². The van der Waals surface area contributed by atoms with Crippen molar-refractivity contribution in [2.75, 3.05) is 13.1 Å². The van der Waals surface area contributed by atoms with Crippen molar-refractivity contribution in [1.29, 1.82) is 0 Å². The summed E-state index contributed by atoms with van der Waals surface area (Å²) in [6.07, 6.45) is 8.25. The van der Waals surface area contributed by atoms with Gasteiger partial charge in [-0.1, -0.05) is 26.7 Å². The highest BCUT2D eigenvalue weighted by Crippen LogP contribution is 2.36. The maximum absolute atomic E-state index is 12.5. The van der Waals surface area contributed by atoms with Crippen molar-refractivity contribution in [1.82, 2.24) is 5.32 Å². The second-order valence-corrected chi connectivity index (χ2v) is 6.26. The maximum Gasteiger partial charge on any atom is 0.313 e. The zero-order chi connectivity index (χ0) is 13.0. The minimum absolute atomic E-state index is 0.0504. The molecule has 1 aliphatic carbocycles. The second-order valence-electron chi connectivity index (χ2n) is 6.26. The number of hydrogen-bond acceptors (Lipinski definition) is 3. The van der Waals surface area contributed by atoms with E-state index in [1.165, 1.54) is 25.7 Å². The Labute approximate surface area is 111 Å². The van der Waals surface area contributed by atoms with Crippen molar-refractivity contribution in [2.45, 2.75) is 64.9 Å². The molecule has 0 spiro atoms. The quantitative estimate of drug-likeness (QED) is 0.621. The third-order valence-electron chi connectivity index (χ3n) is 4.78. The van der Waals surface area contributed by atoms with Gasteiger partial charge in [0.05, 0.1) is 5.41 Å². The minimum atomic E-state index is -0.272. The predicted molar refractivity (Wildman–Crippen MR) is 72.3 cm³/mol. The summed E-state index contributed by atoms with van der Waals surface area (Å²) in [7, 11) is 0. The summed E-state index contributed by atoms with van der Waals surface area (Å²) in [5.74, 6) is 0.403. The summed E-state index contributed by atoms with van der Waals surface area (Å²) in [4.78, 5) is 12.5. The molecule has 104 valence electrons. The Morgan fingerprint density at radius 3 is 2.39 bits per heavy atom. The van der Waals surface area contributed by atoms with Gasteiger partial charge in [0.1, 0.15) is 6.10 Å². The number of carbonyl (C=O) groups is 1. The van der Waals surface area contributed by atoms with Gasteiger partial charge in [0.25, 0.3) is 0 Å². The van der Waals surface area contributed by atoms with Gasteiger partial charge in [-0.2, -0.15) is 0 Å². The lowest BCUT2D eigenvalue weighted by atomic mass is 9.76. The summed E-state index contributed by atoms with van der Waals surface area (Å²) in [6, 6.07) is 0. The first-order chi connectivity index (χ1) is 8.65. The van der Waals surface area contributed by atoms with Crippen LogP contribution in [0.25, 0.3) is 0 Å². The molecule has 0 amide bonds. The molecule has 0 aromatic heterocycles. The Hall–Kier alpha value is -0.570. The Balaban J connectivity index is 1.96. The molecule has 0 radical (unpaired) electrons. The standard InChI is InChI=1S/C15H27NO2/c1-12(2)15(9-10-16-11-15)14(17)18-13-7-5-3-4-6-8-13/h12-13,16H,3-11H2,1-2H3. The summed E-state index contributed by atoms with van der Waals surface area (Å²) < 4.78 is 5.84. The number of carbonyl (C=O) groups excluding carboxylic acids is 1. The fourth-order valence-corrected chi connectivity index (χ4v) is 3.24. The van der Waals surface area contributed by atoms with E-state index < -0.39 is 0 Å². The molecule has 0 bridgehead atoms. The molecule has 2 rings (SSSR count). The molecule has 1 saturated carbocycles. The molecular weight excluding hydrogens is 226 g/mol. The summed E-state index contributed by atoms with van der Waals surface area (Å²) >= 11 is 0. The number of rotatable bonds is 3. The Morgan fingerprint density at radius 1 is 1.22 bits per heavy atom. The lowest BCUT2D eigenvalue weighted by molar-refractivity contribution is -0.164. The number of nitrogens with one attached hydrogen (secondary N) is 1. The van der Waals surface area contributed by atoms with Crippen molar-refractivity contribution in [2.24, 2.45) is 11.3 Å². The van der Waals surface area contributed by atoms with E-state index in [1.54, 1.807) is 0 Å². The molecule has 1 atom stereocenters. The number of hydrogen-bond donors (Lipinski definition) is 1. The van der Waals surface area contributed by atoms with Crippen LogP contribution in [0, 0.1) is 11.3 Å². The van der Waals surface area contributed by atoms with Gasteiger partial charge in [-0.05, 0) is 44.6 Å². The van der Waals surface area contributed by atoms with Crippen LogP contribution >= 0.6 is 0 Å². The SMILES string of the molecule is CC(C)C1(C(=O)OC2CCCCCC2)CCNC1. The van der Waals surface area contributed by atoms with Crippen molar-refractivity contribution in [3.8, 4) is 0 Å². The molecule has 0 aromatic rings. The van der Waals surface area contributed by atoms with Crippen molar-refractivity contribution in [3.63, 3.8) is 0 Å². The van der Waals surface area contributed by atoms with Gasteiger partial charge < -0.3 is 10.1 Å². The highest BCUT2D eigenvalue weighted by molar-refractivity contribution is 5.78. The van der Waals surface area contributed by atoms with E-state index in [0.717, 1.165) is 32.4 Å². The van der Waals surface area contributed by atoms with Crippen molar-refractivity contribution >= 4 is 5.97 Å². The van der Waals surface area contributed by atoms with Crippen molar-refractivity contribution in [3.05, 3.63) is 0 Å². The van der Waals surface area contributed by atoms with Gasteiger partial charge in [0.2, 0.25) is 0 Å². The summed E-state index contributed by atoms with van der Waals surface area (Å²) in [5.41, 5.74) is -0.272. The molecule has 1 heterocycles. The largest absolute Gasteiger partial charge is 0.462 e. The van der Waals surface area contributed by atoms with E-state index in [2.05, 4.69) is 19.2 Å². The molecule has 2 fully saturated rings. The fourth-order valence-electron chi connectivity index (χ4n) is 3.24. The predicted octanol–water partition coefficient (Wildman–Crippen LogP) is 2.89. The molecule has 3 nitrogen and oxygen atoms in total. The average molecular weight is 253 g/mol. The third-order valence-corrected chi connectivity index (χ3v) is 4.78. The summed E-state index contributed by atoms with van der Waals surface area (Å²) in [5, 5.41) is 3.32. The van der Waals surface area contributed by atoms with E-state index >= 15 is 0 Å². The van der Waals surface area contributed by atoms with E-state index in [-0.39, 0.29) is 17.5 Å². The van der Waals surface area contributed by atoms with Crippen LogP contribution in [0.3, 0.4) is 0 Å². The van der Waals surface area contributed by atoms with Gasteiger partial charge in [0, 0.05) is 6.54 Å². The van der Waals surface area contributed by atoms with Crippen LogP contribution in [0.2, 0.25) is 0 Å². The molecule has 1 aliphatic heterocycles. The molecule has 18 heavy (non-hydrogen) atoms. The highest BCUT2D eigenvalue weighted by Gasteiger charge is 2.46. The van der Waals surface area contributed by atoms with Crippen molar-refractivity contribution < 1.29 is 9.53 Å². The highest BCUT2D eigenvalue weighted by atomic mass is 16.5. The molecule has 1 unspecified atom stereocenters. The van der Waals surface area contributed by atoms with Gasteiger partial charge in [-0.15, -0.1) is 0 Å². The molecule has 0 aromatic carbocycles. The van der Waals surface area contributed by atoms with E-state index in [0.29, 0.717) is 5.92 Å². The fraction of sp³-hybridized carbons (Fsp3) is 0.933. The Bertz CT molecular complexity index is 274. The Kier molecular flexibility index (Phi) is 4.66. The van der Waals surface area contributed by atoms with Crippen LogP contribution in [0.5, 0.6) is 0 Å². The van der Waals surface area contributed by atoms with Crippen LogP contribution in [0.1, 0.15) is 58.8 Å². The van der Waals surface area contributed by atoms with Gasteiger partial charge >= 0.3 is 5.97 Å². The average Bonchev–Trinajstić information content (AvgIpc) is 2.71. The van der Waals surface area contributed by atoms with Crippen LogP contribution in [0.4, 0.5) is 0 Å². The first kappa shape index (κ1) is 13.9. The van der Waals surface area contributed by atoms with Crippen LogP contribution in [0.15, 0.2) is 0 Å².